The molecular weight excluding hydrogens is 446 g/mol. The number of benzene rings is 2. The summed E-state index contributed by atoms with van der Waals surface area (Å²) >= 11 is 0. The third-order valence-corrected chi connectivity index (χ3v) is 5.44. The Balaban J connectivity index is 1.54. The number of aromatic nitrogens is 2. The van der Waals surface area contributed by atoms with Gasteiger partial charge in [0, 0.05) is 18.0 Å². The van der Waals surface area contributed by atoms with Crippen molar-refractivity contribution in [3.05, 3.63) is 71.8 Å². The van der Waals surface area contributed by atoms with Crippen molar-refractivity contribution >= 4 is 0 Å². The van der Waals surface area contributed by atoms with Crippen LogP contribution in [0.5, 0.6) is 5.75 Å². The summed E-state index contributed by atoms with van der Waals surface area (Å²) in [5, 5.41) is 29.3. The number of rotatable bonds is 6. The second kappa shape index (κ2) is 10.3. The Bertz CT molecular complexity index is 1180. The molecule has 1 aliphatic heterocycles. The van der Waals surface area contributed by atoms with Crippen molar-refractivity contribution in [2.75, 3.05) is 19.8 Å². The van der Waals surface area contributed by atoms with Gasteiger partial charge in [-0.3, -0.25) is 0 Å². The average Bonchev–Trinajstić information content (AvgIpc) is 3.45. The molecule has 3 N–H and O–H groups in total. The van der Waals surface area contributed by atoms with E-state index in [0.29, 0.717) is 17.1 Å². The molecule has 0 spiro atoms. The van der Waals surface area contributed by atoms with Gasteiger partial charge in [0.2, 0.25) is 0 Å². The van der Waals surface area contributed by atoms with E-state index < -0.39 is 36.0 Å². The highest BCUT2D eigenvalue weighted by atomic mass is 19.1. The number of nitrogens with zero attached hydrogens (tertiary/aromatic N) is 2. The van der Waals surface area contributed by atoms with Gasteiger partial charge in [0.1, 0.15) is 47.6 Å². The molecule has 2 heterocycles. The minimum Gasteiger partial charge on any atom is -0.485 e. The number of halogens is 2. The van der Waals surface area contributed by atoms with E-state index >= 15 is 0 Å². The standard InChI is InChI=1S/C25H24F2N2O5/c1-15(31)25-28-8-9-29(25)18(12-30)5-2-16-10-20(26)24(21(27)11-16)17-3-6-19(7-4-17)34-23-14-33-13-22(23)32/h3-4,6-11,15,18,22-23,30-32H,12-14H2,1H3/t15-,18-,22+,23+/m0/s1. The zero-order valence-electron chi connectivity index (χ0n) is 18.4. The molecule has 0 unspecified atom stereocenters. The Morgan fingerprint density at radius 1 is 1.21 bits per heavy atom. The van der Waals surface area contributed by atoms with Gasteiger partial charge in [0.15, 0.2) is 0 Å². The van der Waals surface area contributed by atoms with E-state index in [0.717, 1.165) is 12.1 Å². The van der Waals surface area contributed by atoms with Crippen molar-refractivity contribution < 1.29 is 33.6 Å². The molecule has 9 heteroatoms. The molecule has 0 radical (unpaired) electrons. The van der Waals surface area contributed by atoms with Crippen molar-refractivity contribution in [3.63, 3.8) is 0 Å². The van der Waals surface area contributed by atoms with Gasteiger partial charge in [0.05, 0.1) is 25.4 Å². The van der Waals surface area contributed by atoms with Gasteiger partial charge in [-0.2, -0.15) is 0 Å². The van der Waals surface area contributed by atoms with Crippen LogP contribution in [0.4, 0.5) is 8.78 Å². The van der Waals surface area contributed by atoms with Crippen LogP contribution in [0.1, 0.15) is 30.5 Å². The maximum absolute atomic E-state index is 14.8. The van der Waals surface area contributed by atoms with Crippen molar-refractivity contribution in [2.24, 2.45) is 0 Å². The fraction of sp³-hybridized carbons (Fsp3) is 0.320. The second-order valence-electron chi connectivity index (χ2n) is 7.94. The Kier molecular flexibility index (Phi) is 7.24. The summed E-state index contributed by atoms with van der Waals surface area (Å²) < 4.78 is 42.0. The fourth-order valence-electron chi connectivity index (χ4n) is 3.71. The summed E-state index contributed by atoms with van der Waals surface area (Å²) in [4.78, 5) is 4.04. The first-order chi connectivity index (χ1) is 16.4. The number of aliphatic hydroxyl groups excluding tert-OH is 3. The van der Waals surface area contributed by atoms with Crippen LogP contribution >= 0.6 is 0 Å². The lowest BCUT2D eigenvalue weighted by Crippen LogP contribution is -2.29. The predicted octanol–water partition coefficient (Wildman–Crippen LogP) is 2.61. The van der Waals surface area contributed by atoms with Crippen molar-refractivity contribution in [1.82, 2.24) is 9.55 Å². The smallest absolute Gasteiger partial charge is 0.150 e. The highest BCUT2D eigenvalue weighted by molar-refractivity contribution is 5.66. The van der Waals surface area contributed by atoms with Gasteiger partial charge in [-0.25, -0.2) is 13.8 Å². The van der Waals surface area contributed by atoms with Crippen LogP contribution < -0.4 is 4.74 Å². The van der Waals surface area contributed by atoms with Crippen molar-refractivity contribution in [1.29, 1.82) is 0 Å². The van der Waals surface area contributed by atoms with Gasteiger partial charge in [-0.1, -0.05) is 24.0 Å². The molecule has 2 aromatic carbocycles. The van der Waals surface area contributed by atoms with Gasteiger partial charge in [0.25, 0.3) is 0 Å². The molecule has 0 bridgehead atoms. The molecule has 34 heavy (non-hydrogen) atoms. The molecule has 1 fully saturated rings. The number of ether oxygens (including phenoxy) is 2. The van der Waals surface area contributed by atoms with Crippen LogP contribution in [0.3, 0.4) is 0 Å². The lowest BCUT2D eigenvalue weighted by Gasteiger charge is -2.15. The topological polar surface area (TPSA) is 97.0 Å². The third kappa shape index (κ3) is 5.11. The molecule has 0 saturated carbocycles. The van der Waals surface area contributed by atoms with Crippen LogP contribution in [-0.2, 0) is 4.74 Å². The first-order valence-corrected chi connectivity index (χ1v) is 10.7. The summed E-state index contributed by atoms with van der Waals surface area (Å²) in [6.07, 6.45) is 0.962. The van der Waals surface area contributed by atoms with E-state index in [1.165, 1.54) is 29.8 Å². The molecule has 1 aromatic heterocycles. The van der Waals surface area contributed by atoms with Crippen molar-refractivity contribution in [3.8, 4) is 28.7 Å². The van der Waals surface area contributed by atoms with E-state index in [1.54, 1.807) is 18.3 Å². The maximum Gasteiger partial charge on any atom is 0.150 e. The summed E-state index contributed by atoms with van der Waals surface area (Å²) in [5.74, 6) is 4.66. The van der Waals surface area contributed by atoms with Gasteiger partial charge in [-0.15, -0.1) is 0 Å². The van der Waals surface area contributed by atoms with Crippen LogP contribution in [0.25, 0.3) is 11.1 Å². The van der Waals surface area contributed by atoms with E-state index in [4.69, 9.17) is 9.47 Å². The first kappa shape index (κ1) is 23.9. The molecule has 4 rings (SSSR count). The van der Waals surface area contributed by atoms with E-state index in [2.05, 4.69) is 16.8 Å². The van der Waals surface area contributed by atoms with Crippen LogP contribution in [0.2, 0.25) is 0 Å². The summed E-state index contributed by atoms with van der Waals surface area (Å²) in [7, 11) is 0. The van der Waals surface area contributed by atoms with Crippen LogP contribution in [0.15, 0.2) is 48.8 Å². The SMILES string of the molecule is C[C@H](O)c1nccn1[C@@H](C#Cc1cc(F)c(-c2ccc(O[C@@H]3COC[C@H]3O)cc2)c(F)c1)CO. The number of aliphatic hydroxyl groups is 3. The van der Waals surface area contributed by atoms with E-state index in [9.17, 15) is 24.1 Å². The third-order valence-electron chi connectivity index (χ3n) is 5.44. The molecule has 4 atom stereocenters. The Morgan fingerprint density at radius 3 is 2.50 bits per heavy atom. The molecular formula is C25H24F2N2O5. The van der Waals surface area contributed by atoms with Crippen molar-refractivity contribution in [2.45, 2.75) is 31.3 Å². The molecule has 3 aromatic rings. The van der Waals surface area contributed by atoms with Gasteiger partial charge >= 0.3 is 0 Å². The molecule has 178 valence electrons. The van der Waals surface area contributed by atoms with Gasteiger partial charge in [-0.05, 0) is 36.8 Å². The van der Waals surface area contributed by atoms with E-state index in [1.807, 2.05) is 0 Å². The Hall–Kier alpha value is -3.29. The summed E-state index contributed by atoms with van der Waals surface area (Å²) in [5.41, 5.74) is 0.218. The molecule has 0 aliphatic carbocycles. The van der Waals surface area contributed by atoms with Gasteiger partial charge < -0.3 is 29.4 Å². The molecule has 1 aliphatic rings. The number of imidazole rings is 1. The summed E-state index contributed by atoms with van der Waals surface area (Å²) in [6.45, 7) is 1.64. The Morgan fingerprint density at radius 2 is 1.91 bits per heavy atom. The molecule has 1 saturated heterocycles. The first-order valence-electron chi connectivity index (χ1n) is 10.7. The maximum atomic E-state index is 14.8. The highest BCUT2D eigenvalue weighted by Crippen LogP contribution is 2.29. The van der Waals surface area contributed by atoms with Crippen LogP contribution in [-0.4, -0.2) is 56.9 Å². The highest BCUT2D eigenvalue weighted by Gasteiger charge is 2.28. The zero-order chi connectivity index (χ0) is 24.2. The predicted molar refractivity (Wildman–Crippen MR) is 119 cm³/mol. The summed E-state index contributed by atoms with van der Waals surface area (Å²) in [6, 6.07) is 7.72. The lowest BCUT2D eigenvalue weighted by atomic mass is 10.0. The molecule has 7 nitrogen and oxygen atoms in total. The molecule has 0 amide bonds. The van der Waals surface area contributed by atoms with E-state index in [-0.39, 0.29) is 30.9 Å². The average molecular weight is 470 g/mol. The minimum absolute atomic E-state index is 0.103. The normalized spacial score (nSPS) is 19.4. The quantitative estimate of drug-likeness (QED) is 0.480. The monoisotopic (exact) mass is 470 g/mol. The lowest BCUT2D eigenvalue weighted by molar-refractivity contribution is 0.0733. The number of hydrogen-bond donors (Lipinski definition) is 3. The zero-order valence-corrected chi connectivity index (χ0v) is 18.4. The van der Waals surface area contributed by atoms with Crippen LogP contribution in [0, 0.1) is 23.5 Å². The minimum atomic E-state index is -0.867. The second-order valence-corrected chi connectivity index (χ2v) is 7.94. The Labute approximate surface area is 195 Å². The fourth-order valence-corrected chi connectivity index (χ4v) is 3.71. The largest absolute Gasteiger partial charge is 0.485 e. The number of hydrogen-bond acceptors (Lipinski definition) is 6.